The molecule has 1 aromatic rings. The number of methoxy groups -OCH3 is 3. The molecular formula is C13H23NO3. The number of hydrogen-bond donors (Lipinski definition) is 1. The summed E-state index contributed by atoms with van der Waals surface area (Å²) < 4.78 is 15.6. The van der Waals surface area contributed by atoms with Crippen LogP contribution in [0.1, 0.15) is 19.4 Å². The lowest BCUT2D eigenvalue weighted by Crippen LogP contribution is -2.04. The molecular weight excluding hydrogens is 218 g/mol. The van der Waals surface area contributed by atoms with Gasteiger partial charge in [-0.15, -0.1) is 0 Å². The van der Waals surface area contributed by atoms with E-state index in [0.29, 0.717) is 23.8 Å². The summed E-state index contributed by atoms with van der Waals surface area (Å²) in [4.78, 5) is 0. The predicted octanol–water partition coefficient (Wildman–Crippen LogP) is 2.24. The Morgan fingerprint density at radius 2 is 1.41 bits per heavy atom. The van der Waals surface area contributed by atoms with Crippen LogP contribution in [0.25, 0.3) is 0 Å². The highest BCUT2D eigenvalue weighted by atomic mass is 16.5. The van der Waals surface area contributed by atoms with Crippen LogP contribution in [0.2, 0.25) is 0 Å². The van der Waals surface area contributed by atoms with Crippen molar-refractivity contribution < 1.29 is 14.2 Å². The van der Waals surface area contributed by atoms with Gasteiger partial charge in [0.05, 0.1) is 21.3 Å². The van der Waals surface area contributed by atoms with Gasteiger partial charge < -0.3 is 19.9 Å². The lowest BCUT2D eigenvalue weighted by molar-refractivity contribution is 0.324. The van der Waals surface area contributed by atoms with Crippen molar-refractivity contribution in [1.82, 2.24) is 0 Å². The van der Waals surface area contributed by atoms with E-state index in [1.165, 1.54) is 0 Å². The van der Waals surface area contributed by atoms with Crippen molar-refractivity contribution in [2.24, 2.45) is 5.73 Å². The van der Waals surface area contributed by atoms with Crippen molar-refractivity contribution in [3.05, 3.63) is 17.7 Å². The molecule has 0 radical (unpaired) electrons. The highest BCUT2D eigenvalue weighted by Crippen LogP contribution is 2.38. The molecule has 0 atom stereocenters. The van der Waals surface area contributed by atoms with Crippen molar-refractivity contribution in [3.8, 4) is 17.2 Å². The van der Waals surface area contributed by atoms with E-state index >= 15 is 0 Å². The normalized spacial score (nSPS) is 9.06. The van der Waals surface area contributed by atoms with Crippen molar-refractivity contribution >= 4 is 0 Å². The van der Waals surface area contributed by atoms with Crippen LogP contribution in [0.4, 0.5) is 0 Å². The van der Waals surface area contributed by atoms with Gasteiger partial charge >= 0.3 is 0 Å². The predicted molar refractivity (Wildman–Crippen MR) is 70.2 cm³/mol. The summed E-state index contributed by atoms with van der Waals surface area (Å²) in [6, 6.07) is 3.82. The van der Waals surface area contributed by atoms with Crippen LogP contribution in [-0.4, -0.2) is 27.9 Å². The van der Waals surface area contributed by atoms with E-state index in [1.807, 2.05) is 26.0 Å². The molecule has 0 spiro atoms. The van der Waals surface area contributed by atoms with E-state index in [9.17, 15) is 0 Å². The molecule has 4 heteroatoms. The van der Waals surface area contributed by atoms with Crippen LogP contribution < -0.4 is 19.9 Å². The highest BCUT2D eigenvalue weighted by molar-refractivity contribution is 5.53. The Morgan fingerprint density at radius 3 is 1.71 bits per heavy atom. The van der Waals surface area contributed by atoms with Crippen molar-refractivity contribution in [1.29, 1.82) is 0 Å². The molecule has 0 aromatic heterocycles. The van der Waals surface area contributed by atoms with E-state index in [-0.39, 0.29) is 0 Å². The number of hydrogen-bond acceptors (Lipinski definition) is 4. The molecule has 0 aliphatic heterocycles. The number of rotatable bonds is 5. The largest absolute Gasteiger partial charge is 0.493 e. The van der Waals surface area contributed by atoms with Crippen LogP contribution in [0, 0.1) is 0 Å². The third kappa shape index (κ3) is 4.15. The minimum atomic E-state index is 0.596. The molecule has 4 nitrogen and oxygen atoms in total. The molecule has 0 aliphatic carbocycles. The standard InChI is InChI=1S/C11H17NO3.C2H6/c1-13-9-6-8(4-5-12)7-10(14-2)11(9)15-3;1-2/h6-7H,4-5,12H2,1-3H3;1-2H3. The van der Waals surface area contributed by atoms with Crippen molar-refractivity contribution in [2.45, 2.75) is 20.3 Å². The fraction of sp³-hybridized carbons (Fsp3) is 0.538. The lowest BCUT2D eigenvalue weighted by Gasteiger charge is -2.13. The van der Waals surface area contributed by atoms with E-state index in [0.717, 1.165) is 12.0 Å². The molecule has 0 saturated carbocycles. The monoisotopic (exact) mass is 241 g/mol. The Hall–Kier alpha value is -1.42. The molecule has 0 unspecified atom stereocenters. The van der Waals surface area contributed by atoms with E-state index in [1.54, 1.807) is 21.3 Å². The van der Waals surface area contributed by atoms with Crippen LogP contribution in [0.15, 0.2) is 12.1 Å². The fourth-order valence-electron chi connectivity index (χ4n) is 1.45. The Kier molecular flexibility index (Phi) is 7.97. The third-order valence-electron chi connectivity index (χ3n) is 2.16. The quantitative estimate of drug-likeness (QED) is 0.859. The molecule has 2 N–H and O–H groups in total. The molecule has 0 heterocycles. The van der Waals surface area contributed by atoms with Crippen LogP contribution in [0.3, 0.4) is 0 Å². The summed E-state index contributed by atoms with van der Waals surface area (Å²) in [5, 5.41) is 0. The second-order valence-electron chi connectivity index (χ2n) is 3.07. The van der Waals surface area contributed by atoms with Gasteiger partial charge in [0, 0.05) is 0 Å². The summed E-state index contributed by atoms with van der Waals surface area (Å²) >= 11 is 0. The maximum Gasteiger partial charge on any atom is 0.203 e. The van der Waals surface area contributed by atoms with Crippen LogP contribution >= 0.6 is 0 Å². The molecule has 0 fully saturated rings. The average molecular weight is 241 g/mol. The molecule has 0 aliphatic rings. The van der Waals surface area contributed by atoms with Crippen molar-refractivity contribution in [3.63, 3.8) is 0 Å². The zero-order valence-electron chi connectivity index (χ0n) is 11.4. The second kappa shape index (κ2) is 8.70. The first-order chi connectivity index (χ1) is 8.26. The zero-order valence-corrected chi connectivity index (χ0v) is 11.4. The summed E-state index contributed by atoms with van der Waals surface area (Å²) in [7, 11) is 4.79. The molecule has 1 aromatic carbocycles. The fourth-order valence-corrected chi connectivity index (χ4v) is 1.45. The summed E-state index contributed by atoms with van der Waals surface area (Å²) in [5.74, 6) is 1.95. The number of benzene rings is 1. The van der Waals surface area contributed by atoms with Gasteiger partial charge in [-0.2, -0.15) is 0 Å². The van der Waals surface area contributed by atoms with E-state index in [2.05, 4.69) is 0 Å². The summed E-state index contributed by atoms with van der Waals surface area (Å²) in [6.07, 6.45) is 0.788. The Balaban J connectivity index is 0.00000121. The Morgan fingerprint density at radius 1 is 0.941 bits per heavy atom. The van der Waals surface area contributed by atoms with Crippen LogP contribution in [-0.2, 0) is 6.42 Å². The molecule has 0 saturated heterocycles. The molecule has 17 heavy (non-hydrogen) atoms. The topological polar surface area (TPSA) is 53.7 Å². The molecule has 98 valence electrons. The maximum atomic E-state index is 5.50. The lowest BCUT2D eigenvalue weighted by atomic mass is 10.1. The van der Waals surface area contributed by atoms with Crippen molar-refractivity contribution in [2.75, 3.05) is 27.9 Å². The third-order valence-corrected chi connectivity index (χ3v) is 2.16. The summed E-state index contributed by atoms with van der Waals surface area (Å²) in [5.41, 5.74) is 6.58. The first-order valence-electron chi connectivity index (χ1n) is 5.75. The Labute approximate surface area is 104 Å². The maximum absolute atomic E-state index is 5.50. The second-order valence-corrected chi connectivity index (χ2v) is 3.07. The van der Waals surface area contributed by atoms with E-state index < -0.39 is 0 Å². The average Bonchev–Trinajstić information content (AvgIpc) is 2.40. The smallest absolute Gasteiger partial charge is 0.203 e. The van der Waals surface area contributed by atoms with Gasteiger partial charge in [-0.05, 0) is 30.7 Å². The minimum absolute atomic E-state index is 0.596. The minimum Gasteiger partial charge on any atom is -0.493 e. The van der Waals surface area contributed by atoms with Gasteiger partial charge in [-0.1, -0.05) is 13.8 Å². The highest BCUT2D eigenvalue weighted by Gasteiger charge is 2.12. The zero-order chi connectivity index (χ0) is 13.3. The SMILES string of the molecule is CC.COc1cc(CCN)cc(OC)c1OC. The first kappa shape index (κ1) is 15.6. The number of ether oxygens (including phenoxy) is 3. The van der Waals surface area contributed by atoms with Gasteiger partial charge in [0.15, 0.2) is 11.5 Å². The Bertz CT molecular complexity index is 301. The van der Waals surface area contributed by atoms with Crippen LogP contribution in [0.5, 0.6) is 17.2 Å². The molecule has 1 rings (SSSR count). The molecule has 0 bridgehead atoms. The van der Waals surface area contributed by atoms with Gasteiger partial charge in [0.25, 0.3) is 0 Å². The number of nitrogens with two attached hydrogens (primary N) is 1. The summed E-state index contributed by atoms with van der Waals surface area (Å²) in [6.45, 7) is 4.60. The van der Waals surface area contributed by atoms with Gasteiger partial charge in [-0.25, -0.2) is 0 Å². The van der Waals surface area contributed by atoms with Gasteiger partial charge in [0.1, 0.15) is 0 Å². The first-order valence-corrected chi connectivity index (χ1v) is 5.75. The van der Waals surface area contributed by atoms with E-state index in [4.69, 9.17) is 19.9 Å². The van der Waals surface area contributed by atoms with Gasteiger partial charge in [0.2, 0.25) is 5.75 Å². The van der Waals surface area contributed by atoms with Gasteiger partial charge in [-0.3, -0.25) is 0 Å². The molecule has 0 amide bonds.